The molecule has 3 atom stereocenters. The van der Waals surface area contributed by atoms with Crippen LogP contribution in [0.4, 0.5) is 0 Å². The average Bonchev–Trinajstić information content (AvgIpc) is 2.59. The Hall–Kier alpha value is -2.34. The van der Waals surface area contributed by atoms with E-state index < -0.39 is 54.3 Å². The summed E-state index contributed by atoms with van der Waals surface area (Å²) in [5.74, 6) is -3.29. The van der Waals surface area contributed by atoms with Crippen molar-refractivity contribution in [3.63, 3.8) is 0 Å². The highest BCUT2D eigenvalue weighted by atomic mass is 32.2. The molecule has 0 fully saturated rings. The Kier molecular flexibility index (Phi) is 11.8. The molecule has 27 heavy (non-hydrogen) atoms. The molecule has 0 aliphatic carbocycles. The SMILES string of the molecule is CSCCC(NC(=O)CNC(=O)C(CCC(N)=O)NC(=O)C(C)N)C(=O)O. The van der Waals surface area contributed by atoms with Crippen LogP contribution in [0.5, 0.6) is 0 Å². The lowest BCUT2D eigenvalue weighted by Crippen LogP contribution is -2.53. The highest BCUT2D eigenvalue weighted by molar-refractivity contribution is 7.98. The quantitative estimate of drug-likeness (QED) is 0.194. The molecule has 8 N–H and O–H groups in total. The maximum Gasteiger partial charge on any atom is 0.326 e. The monoisotopic (exact) mass is 405 g/mol. The lowest BCUT2D eigenvalue weighted by molar-refractivity contribution is -0.141. The number of thioether (sulfide) groups is 1. The Morgan fingerprint density at radius 3 is 2.15 bits per heavy atom. The minimum atomic E-state index is -1.17. The molecule has 0 aromatic carbocycles. The third kappa shape index (κ3) is 11.1. The van der Waals surface area contributed by atoms with Gasteiger partial charge in [0, 0.05) is 6.42 Å². The summed E-state index contributed by atoms with van der Waals surface area (Å²) in [7, 11) is 0. The van der Waals surface area contributed by atoms with Crippen LogP contribution in [0.15, 0.2) is 0 Å². The van der Waals surface area contributed by atoms with E-state index in [2.05, 4.69) is 16.0 Å². The van der Waals surface area contributed by atoms with Gasteiger partial charge in [0.25, 0.3) is 0 Å². The van der Waals surface area contributed by atoms with E-state index in [1.807, 2.05) is 6.26 Å². The highest BCUT2D eigenvalue weighted by Crippen LogP contribution is 2.01. The first-order chi connectivity index (χ1) is 12.6. The first-order valence-corrected chi connectivity index (χ1v) is 9.60. The van der Waals surface area contributed by atoms with Crippen molar-refractivity contribution in [3.8, 4) is 0 Å². The van der Waals surface area contributed by atoms with Gasteiger partial charge >= 0.3 is 5.97 Å². The second-order valence-corrected chi connectivity index (χ2v) is 6.80. The fourth-order valence-corrected chi connectivity index (χ4v) is 2.36. The molecule has 0 aliphatic rings. The van der Waals surface area contributed by atoms with E-state index >= 15 is 0 Å². The van der Waals surface area contributed by atoms with Crippen LogP contribution >= 0.6 is 11.8 Å². The zero-order valence-corrected chi connectivity index (χ0v) is 16.1. The predicted octanol–water partition coefficient (Wildman–Crippen LogP) is -2.48. The fourth-order valence-electron chi connectivity index (χ4n) is 1.89. The Bertz CT molecular complexity index is 557. The minimum absolute atomic E-state index is 0.0628. The van der Waals surface area contributed by atoms with Crippen molar-refractivity contribution in [2.75, 3.05) is 18.6 Å². The molecule has 0 saturated heterocycles. The van der Waals surface area contributed by atoms with Crippen molar-refractivity contribution >= 4 is 41.4 Å². The molecule has 0 bridgehead atoms. The number of amides is 4. The molecule has 0 spiro atoms. The van der Waals surface area contributed by atoms with Crippen LogP contribution in [0.1, 0.15) is 26.2 Å². The van der Waals surface area contributed by atoms with Crippen LogP contribution < -0.4 is 27.4 Å². The molecule has 0 rings (SSSR count). The van der Waals surface area contributed by atoms with Crippen molar-refractivity contribution in [3.05, 3.63) is 0 Å². The van der Waals surface area contributed by atoms with Gasteiger partial charge in [-0.1, -0.05) is 0 Å². The van der Waals surface area contributed by atoms with Gasteiger partial charge in [0.2, 0.25) is 23.6 Å². The van der Waals surface area contributed by atoms with Gasteiger partial charge in [0.1, 0.15) is 12.1 Å². The van der Waals surface area contributed by atoms with E-state index in [0.717, 1.165) is 0 Å². The molecule has 154 valence electrons. The van der Waals surface area contributed by atoms with Gasteiger partial charge in [-0.2, -0.15) is 11.8 Å². The highest BCUT2D eigenvalue weighted by Gasteiger charge is 2.24. The summed E-state index contributed by atoms with van der Waals surface area (Å²) in [4.78, 5) is 57.8. The number of hydrogen-bond acceptors (Lipinski definition) is 7. The van der Waals surface area contributed by atoms with E-state index in [0.29, 0.717) is 5.75 Å². The van der Waals surface area contributed by atoms with Crippen molar-refractivity contribution in [2.24, 2.45) is 11.5 Å². The molecule has 0 radical (unpaired) electrons. The van der Waals surface area contributed by atoms with Crippen LogP contribution in [-0.2, 0) is 24.0 Å². The first-order valence-electron chi connectivity index (χ1n) is 8.21. The van der Waals surface area contributed by atoms with E-state index in [9.17, 15) is 24.0 Å². The number of carboxylic acids is 1. The molecule has 0 heterocycles. The number of carboxylic acid groups (broad SMARTS) is 1. The smallest absolute Gasteiger partial charge is 0.326 e. The summed E-state index contributed by atoms with van der Waals surface area (Å²) in [6.45, 7) is 0.940. The van der Waals surface area contributed by atoms with Crippen LogP contribution in [0, 0.1) is 0 Å². The normalized spacial score (nSPS) is 13.7. The van der Waals surface area contributed by atoms with E-state index in [1.165, 1.54) is 18.7 Å². The van der Waals surface area contributed by atoms with Gasteiger partial charge < -0.3 is 32.5 Å². The second kappa shape index (κ2) is 12.9. The molecule has 0 saturated carbocycles. The molecular weight excluding hydrogens is 378 g/mol. The zero-order chi connectivity index (χ0) is 21.0. The van der Waals surface area contributed by atoms with Crippen molar-refractivity contribution < 1.29 is 29.1 Å². The van der Waals surface area contributed by atoms with Crippen molar-refractivity contribution in [1.29, 1.82) is 0 Å². The molecular formula is C15H27N5O6S. The third-order valence-electron chi connectivity index (χ3n) is 3.39. The summed E-state index contributed by atoms with van der Waals surface area (Å²) >= 11 is 1.44. The van der Waals surface area contributed by atoms with E-state index in [4.69, 9.17) is 16.6 Å². The van der Waals surface area contributed by atoms with Crippen molar-refractivity contribution in [2.45, 2.75) is 44.3 Å². The maximum atomic E-state index is 12.2. The number of nitrogens with one attached hydrogen (secondary N) is 3. The summed E-state index contributed by atoms with van der Waals surface area (Å²) in [5, 5.41) is 16.0. The predicted molar refractivity (Wildman–Crippen MR) is 99.6 cm³/mol. The molecule has 4 amide bonds. The Morgan fingerprint density at radius 2 is 1.67 bits per heavy atom. The van der Waals surface area contributed by atoms with Gasteiger partial charge in [-0.3, -0.25) is 19.2 Å². The number of primary amides is 1. The topological polar surface area (TPSA) is 194 Å². The van der Waals surface area contributed by atoms with Crippen LogP contribution in [0.25, 0.3) is 0 Å². The van der Waals surface area contributed by atoms with Gasteiger partial charge in [-0.15, -0.1) is 0 Å². The molecule has 0 aromatic rings. The van der Waals surface area contributed by atoms with Gasteiger partial charge in [-0.05, 0) is 31.8 Å². The van der Waals surface area contributed by atoms with Crippen molar-refractivity contribution in [1.82, 2.24) is 16.0 Å². The number of hydrogen-bond donors (Lipinski definition) is 6. The summed E-state index contributed by atoms with van der Waals surface area (Å²) in [6.07, 6.45) is 1.83. The number of aliphatic carboxylic acids is 1. The summed E-state index contributed by atoms with van der Waals surface area (Å²) < 4.78 is 0. The molecule has 0 aliphatic heterocycles. The first kappa shape index (κ1) is 24.7. The summed E-state index contributed by atoms with van der Waals surface area (Å²) in [6, 6.07) is -3.04. The van der Waals surface area contributed by atoms with Crippen LogP contribution in [0.2, 0.25) is 0 Å². The Morgan fingerprint density at radius 1 is 1.04 bits per heavy atom. The lowest BCUT2D eigenvalue weighted by Gasteiger charge is -2.19. The molecule has 12 heteroatoms. The zero-order valence-electron chi connectivity index (χ0n) is 15.3. The van der Waals surface area contributed by atoms with Crippen LogP contribution in [-0.4, -0.2) is 71.4 Å². The standard InChI is InChI=1S/C15H27N5O6S/c1-8(16)13(23)20-9(3-4-11(17)21)14(24)18-7-12(22)19-10(15(25)26)5-6-27-2/h8-10H,3-7,16H2,1-2H3,(H2,17,21)(H,18,24)(H,19,22)(H,20,23)(H,25,26). The maximum absolute atomic E-state index is 12.2. The van der Waals surface area contributed by atoms with Gasteiger partial charge in [-0.25, -0.2) is 4.79 Å². The third-order valence-corrected chi connectivity index (χ3v) is 4.04. The molecule has 3 unspecified atom stereocenters. The largest absolute Gasteiger partial charge is 0.480 e. The van der Waals surface area contributed by atoms with Gasteiger partial charge in [0.15, 0.2) is 0 Å². The number of nitrogens with two attached hydrogens (primary N) is 2. The Balaban J connectivity index is 4.71. The van der Waals surface area contributed by atoms with E-state index in [-0.39, 0.29) is 19.3 Å². The summed E-state index contributed by atoms with van der Waals surface area (Å²) in [5.41, 5.74) is 10.5. The second-order valence-electron chi connectivity index (χ2n) is 5.81. The fraction of sp³-hybridized carbons (Fsp3) is 0.667. The molecule has 11 nitrogen and oxygen atoms in total. The van der Waals surface area contributed by atoms with Crippen LogP contribution in [0.3, 0.4) is 0 Å². The minimum Gasteiger partial charge on any atom is -0.480 e. The van der Waals surface area contributed by atoms with Gasteiger partial charge in [0.05, 0.1) is 12.6 Å². The Labute approximate surface area is 161 Å². The number of carbonyl (C=O) groups is 5. The van der Waals surface area contributed by atoms with E-state index in [1.54, 1.807) is 0 Å². The number of carbonyl (C=O) groups excluding carboxylic acids is 4. The number of rotatable bonds is 13. The lowest BCUT2D eigenvalue weighted by atomic mass is 10.1. The molecule has 0 aromatic heterocycles. The average molecular weight is 405 g/mol.